The van der Waals surface area contributed by atoms with Crippen LogP contribution in [0.25, 0.3) is 0 Å². The van der Waals surface area contributed by atoms with Gasteiger partial charge in [-0.2, -0.15) is 0 Å². The summed E-state index contributed by atoms with van der Waals surface area (Å²) in [6, 6.07) is 7.12. The molecule has 6 heteroatoms. The van der Waals surface area contributed by atoms with Gasteiger partial charge in [0.2, 0.25) is 0 Å². The van der Waals surface area contributed by atoms with Crippen LogP contribution < -0.4 is 11.1 Å². The largest absolute Gasteiger partial charge is 0.365 e. The van der Waals surface area contributed by atoms with E-state index < -0.39 is 5.91 Å². The molecule has 1 atom stereocenters. The smallest absolute Gasteiger partial charge is 0.256 e. The minimum absolute atomic E-state index is 0.218. The fourth-order valence-electron chi connectivity index (χ4n) is 3.45. The number of hydrogen-bond donors (Lipinski definition) is 2. The van der Waals surface area contributed by atoms with E-state index in [4.69, 9.17) is 5.73 Å². The second kappa shape index (κ2) is 7.16. The van der Waals surface area contributed by atoms with E-state index in [0.29, 0.717) is 22.0 Å². The zero-order chi connectivity index (χ0) is 19.1. The van der Waals surface area contributed by atoms with Gasteiger partial charge in [-0.15, -0.1) is 11.3 Å². The van der Waals surface area contributed by atoms with Crippen molar-refractivity contribution in [3.8, 4) is 0 Å². The zero-order valence-electron chi connectivity index (χ0n) is 15.2. The molecular formula is C20H23BrN2O2S. The maximum absolute atomic E-state index is 12.6. The number of nitrogens with two attached hydrogens (primary N) is 1. The third-order valence-corrected chi connectivity index (χ3v) is 6.77. The van der Waals surface area contributed by atoms with Crippen LogP contribution in [-0.2, 0) is 12.8 Å². The van der Waals surface area contributed by atoms with Crippen LogP contribution in [0.4, 0.5) is 5.00 Å². The highest BCUT2D eigenvalue weighted by atomic mass is 79.9. The van der Waals surface area contributed by atoms with Crippen LogP contribution in [-0.4, -0.2) is 11.8 Å². The molecule has 138 valence electrons. The Morgan fingerprint density at radius 3 is 2.46 bits per heavy atom. The van der Waals surface area contributed by atoms with Gasteiger partial charge in [0.25, 0.3) is 11.8 Å². The van der Waals surface area contributed by atoms with Gasteiger partial charge in [-0.3, -0.25) is 9.59 Å². The van der Waals surface area contributed by atoms with Crippen molar-refractivity contribution in [2.75, 3.05) is 5.32 Å². The van der Waals surface area contributed by atoms with Gasteiger partial charge in [0.15, 0.2) is 0 Å². The molecule has 0 fully saturated rings. The molecule has 2 amide bonds. The number of anilines is 1. The summed E-state index contributed by atoms with van der Waals surface area (Å²) in [5, 5.41) is 3.48. The average Bonchev–Trinajstić information content (AvgIpc) is 2.91. The summed E-state index contributed by atoms with van der Waals surface area (Å²) >= 11 is 4.86. The summed E-state index contributed by atoms with van der Waals surface area (Å²) in [5.74, 6) is -0.141. The molecule has 4 nitrogen and oxygen atoms in total. The quantitative estimate of drug-likeness (QED) is 0.711. The fraction of sp³-hybridized carbons (Fsp3) is 0.400. The minimum atomic E-state index is -0.470. The van der Waals surface area contributed by atoms with Crippen LogP contribution in [0.2, 0.25) is 0 Å². The first-order valence-electron chi connectivity index (χ1n) is 8.68. The number of carbonyl (C=O) groups is 2. The number of hydrogen-bond acceptors (Lipinski definition) is 3. The van der Waals surface area contributed by atoms with Crippen LogP contribution in [0.1, 0.15) is 58.3 Å². The second-order valence-electron chi connectivity index (χ2n) is 7.84. The molecule has 1 aromatic heterocycles. The Labute approximate surface area is 166 Å². The van der Waals surface area contributed by atoms with E-state index in [1.807, 2.05) is 12.1 Å². The summed E-state index contributed by atoms with van der Waals surface area (Å²) in [6.07, 6.45) is 2.80. The lowest BCUT2D eigenvalue weighted by Gasteiger charge is -2.33. The Morgan fingerprint density at radius 1 is 1.23 bits per heavy atom. The second-order valence-corrected chi connectivity index (χ2v) is 9.86. The fourth-order valence-corrected chi connectivity index (χ4v) is 5.04. The molecule has 1 unspecified atom stereocenters. The molecule has 1 heterocycles. The van der Waals surface area contributed by atoms with E-state index in [9.17, 15) is 9.59 Å². The molecule has 0 saturated carbocycles. The number of halogens is 1. The van der Waals surface area contributed by atoms with E-state index >= 15 is 0 Å². The number of thiophene rings is 1. The lowest BCUT2D eigenvalue weighted by Crippen LogP contribution is -2.27. The van der Waals surface area contributed by atoms with Crippen LogP contribution in [0, 0.1) is 11.3 Å². The lowest BCUT2D eigenvalue weighted by molar-refractivity contribution is 0.1000. The van der Waals surface area contributed by atoms with Crippen molar-refractivity contribution in [3.63, 3.8) is 0 Å². The van der Waals surface area contributed by atoms with Gasteiger partial charge in [0, 0.05) is 14.9 Å². The van der Waals surface area contributed by atoms with Crippen molar-refractivity contribution in [1.82, 2.24) is 0 Å². The lowest BCUT2D eigenvalue weighted by atomic mass is 9.72. The molecule has 0 aliphatic heterocycles. The maximum atomic E-state index is 12.6. The van der Waals surface area contributed by atoms with E-state index in [1.54, 1.807) is 12.1 Å². The molecular weight excluding hydrogens is 412 g/mol. The van der Waals surface area contributed by atoms with Crippen molar-refractivity contribution in [2.24, 2.45) is 17.1 Å². The number of carbonyl (C=O) groups excluding carboxylic acids is 2. The van der Waals surface area contributed by atoms with Crippen molar-refractivity contribution < 1.29 is 9.59 Å². The molecule has 2 aromatic rings. The van der Waals surface area contributed by atoms with Crippen LogP contribution in [0.15, 0.2) is 28.7 Å². The first-order valence-corrected chi connectivity index (χ1v) is 10.3. The SMILES string of the molecule is CC(C)(C)C1CCc2c(sc(NC(=O)c3ccc(Br)cc3)c2C(N)=O)C1. The standard InChI is InChI=1S/C20H23BrN2O2S/c1-20(2,3)12-6-9-14-15(10-12)26-19(16(14)17(22)24)23-18(25)11-4-7-13(21)8-5-11/h4-5,7-8,12H,6,9-10H2,1-3H3,(H2,22,24)(H,23,25). The predicted molar refractivity (Wildman–Crippen MR) is 110 cm³/mol. The Kier molecular flexibility index (Phi) is 5.26. The van der Waals surface area contributed by atoms with Crippen LogP contribution >= 0.6 is 27.3 Å². The van der Waals surface area contributed by atoms with Gasteiger partial charge in [0.1, 0.15) is 5.00 Å². The molecule has 0 radical (unpaired) electrons. The van der Waals surface area contributed by atoms with E-state index in [1.165, 1.54) is 16.2 Å². The topological polar surface area (TPSA) is 72.2 Å². The van der Waals surface area contributed by atoms with Gasteiger partial charge < -0.3 is 11.1 Å². The summed E-state index contributed by atoms with van der Waals surface area (Å²) in [7, 11) is 0. The summed E-state index contributed by atoms with van der Waals surface area (Å²) in [5.41, 5.74) is 7.92. The zero-order valence-corrected chi connectivity index (χ0v) is 17.6. The molecule has 1 aliphatic rings. The summed E-state index contributed by atoms with van der Waals surface area (Å²) in [4.78, 5) is 25.8. The molecule has 0 saturated heterocycles. The Hall–Kier alpha value is -1.66. The molecule has 26 heavy (non-hydrogen) atoms. The number of rotatable bonds is 3. The minimum Gasteiger partial charge on any atom is -0.365 e. The molecule has 0 bridgehead atoms. The molecule has 1 aliphatic carbocycles. The summed E-state index contributed by atoms with van der Waals surface area (Å²) < 4.78 is 0.909. The Bertz CT molecular complexity index is 850. The Morgan fingerprint density at radius 2 is 1.88 bits per heavy atom. The van der Waals surface area contributed by atoms with Crippen LogP contribution in [0.5, 0.6) is 0 Å². The first kappa shape index (κ1) is 19.1. The third-order valence-electron chi connectivity index (χ3n) is 5.07. The van der Waals surface area contributed by atoms with Gasteiger partial charge in [-0.05, 0) is 60.4 Å². The number of fused-ring (bicyclic) bond motifs is 1. The maximum Gasteiger partial charge on any atom is 0.256 e. The van der Waals surface area contributed by atoms with E-state index in [-0.39, 0.29) is 11.3 Å². The normalized spacial score (nSPS) is 16.8. The van der Waals surface area contributed by atoms with Crippen molar-refractivity contribution >= 4 is 44.1 Å². The highest BCUT2D eigenvalue weighted by Crippen LogP contribution is 2.44. The highest BCUT2D eigenvalue weighted by Gasteiger charge is 2.33. The van der Waals surface area contributed by atoms with Crippen molar-refractivity contribution in [3.05, 3.63) is 50.3 Å². The van der Waals surface area contributed by atoms with Crippen LogP contribution in [0.3, 0.4) is 0 Å². The van der Waals surface area contributed by atoms with Gasteiger partial charge in [0.05, 0.1) is 5.56 Å². The van der Waals surface area contributed by atoms with Crippen molar-refractivity contribution in [2.45, 2.75) is 40.0 Å². The monoisotopic (exact) mass is 434 g/mol. The highest BCUT2D eigenvalue weighted by molar-refractivity contribution is 9.10. The number of benzene rings is 1. The first-order chi connectivity index (χ1) is 12.2. The van der Waals surface area contributed by atoms with Gasteiger partial charge >= 0.3 is 0 Å². The van der Waals surface area contributed by atoms with E-state index in [0.717, 1.165) is 29.3 Å². The summed E-state index contributed by atoms with van der Waals surface area (Å²) in [6.45, 7) is 6.75. The van der Waals surface area contributed by atoms with Gasteiger partial charge in [-0.1, -0.05) is 36.7 Å². The number of amides is 2. The third kappa shape index (κ3) is 3.86. The van der Waals surface area contributed by atoms with E-state index in [2.05, 4.69) is 42.0 Å². The Balaban J connectivity index is 1.91. The average molecular weight is 435 g/mol. The molecule has 3 rings (SSSR count). The van der Waals surface area contributed by atoms with Crippen molar-refractivity contribution in [1.29, 1.82) is 0 Å². The number of nitrogens with one attached hydrogen (secondary N) is 1. The van der Waals surface area contributed by atoms with Gasteiger partial charge in [-0.25, -0.2) is 0 Å². The molecule has 3 N–H and O–H groups in total. The molecule has 0 spiro atoms. The molecule has 1 aromatic carbocycles. The number of primary amides is 1. The predicted octanol–water partition coefficient (Wildman–Crippen LogP) is 5.01.